The SMILES string of the molecule is O=C(Nc1nccs1)c1ccc(S(=O)(=O)N2CCCC(O)C2)cc1. The number of piperidine rings is 1. The summed E-state index contributed by atoms with van der Waals surface area (Å²) in [5.41, 5.74) is 0.350. The number of carbonyl (C=O) groups is 1. The number of nitrogens with one attached hydrogen (secondary N) is 1. The summed E-state index contributed by atoms with van der Waals surface area (Å²) >= 11 is 1.30. The monoisotopic (exact) mass is 367 g/mol. The van der Waals surface area contributed by atoms with Crippen molar-refractivity contribution in [2.24, 2.45) is 0 Å². The zero-order chi connectivity index (χ0) is 17.2. The normalized spacial score (nSPS) is 19.1. The average molecular weight is 367 g/mol. The number of benzene rings is 1. The highest BCUT2D eigenvalue weighted by atomic mass is 32.2. The van der Waals surface area contributed by atoms with Crippen molar-refractivity contribution in [3.63, 3.8) is 0 Å². The Labute approximate surface area is 144 Å². The molecule has 2 aromatic rings. The molecule has 0 bridgehead atoms. The largest absolute Gasteiger partial charge is 0.392 e. The maximum absolute atomic E-state index is 12.6. The summed E-state index contributed by atoms with van der Waals surface area (Å²) in [6.07, 6.45) is 2.21. The van der Waals surface area contributed by atoms with Crippen molar-refractivity contribution < 1.29 is 18.3 Å². The number of β-amino-alcohol motifs (C(OH)–C–C–N with tert-alkyl or cyclic N) is 1. The van der Waals surface area contributed by atoms with Gasteiger partial charge in [0.05, 0.1) is 11.0 Å². The van der Waals surface area contributed by atoms with Crippen molar-refractivity contribution in [2.45, 2.75) is 23.8 Å². The molecule has 1 fully saturated rings. The van der Waals surface area contributed by atoms with Crippen molar-refractivity contribution in [3.05, 3.63) is 41.4 Å². The van der Waals surface area contributed by atoms with Crippen LogP contribution in [0.5, 0.6) is 0 Å². The summed E-state index contributed by atoms with van der Waals surface area (Å²) in [5, 5.41) is 14.5. The quantitative estimate of drug-likeness (QED) is 0.854. The van der Waals surface area contributed by atoms with E-state index in [-0.39, 0.29) is 17.3 Å². The number of aliphatic hydroxyl groups is 1. The summed E-state index contributed by atoms with van der Waals surface area (Å²) in [4.78, 5) is 16.2. The molecule has 1 saturated heterocycles. The number of thiazole rings is 1. The van der Waals surface area contributed by atoms with Crippen molar-refractivity contribution in [2.75, 3.05) is 18.4 Å². The molecule has 0 saturated carbocycles. The highest BCUT2D eigenvalue weighted by Gasteiger charge is 2.29. The zero-order valence-corrected chi connectivity index (χ0v) is 14.4. The molecule has 1 amide bonds. The van der Waals surface area contributed by atoms with E-state index < -0.39 is 16.1 Å². The number of anilines is 1. The van der Waals surface area contributed by atoms with E-state index in [0.717, 1.165) is 0 Å². The molecule has 128 valence electrons. The molecule has 0 aliphatic carbocycles. The Bertz CT molecular complexity index is 804. The van der Waals surface area contributed by atoms with Crippen molar-refractivity contribution in [1.29, 1.82) is 0 Å². The molecule has 3 rings (SSSR count). The number of hydrogen-bond acceptors (Lipinski definition) is 6. The standard InChI is InChI=1S/C15H17N3O4S2/c19-12-2-1-8-18(10-12)24(21,22)13-5-3-11(4-6-13)14(20)17-15-16-7-9-23-15/h3-7,9,12,19H,1-2,8,10H2,(H,16,17,20). The number of sulfonamides is 1. The molecule has 1 atom stereocenters. The molecule has 1 aromatic heterocycles. The second-order valence-corrected chi connectivity index (χ2v) is 8.31. The summed E-state index contributed by atoms with van der Waals surface area (Å²) in [5.74, 6) is -0.345. The lowest BCUT2D eigenvalue weighted by atomic mass is 10.1. The van der Waals surface area contributed by atoms with Gasteiger partial charge in [0.1, 0.15) is 0 Å². The van der Waals surface area contributed by atoms with Gasteiger partial charge in [-0.15, -0.1) is 11.3 Å². The molecule has 0 radical (unpaired) electrons. The van der Waals surface area contributed by atoms with Crippen LogP contribution in [-0.2, 0) is 10.0 Å². The van der Waals surface area contributed by atoms with Crippen LogP contribution in [0, 0.1) is 0 Å². The van der Waals surface area contributed by atoms with Crippen LogP contribution in [0.25, 0.3) is 0 Å². The number of carbonyl (C=O) groups excluding carboxylic acids is 1. The van der Waals surface area contributed by atoms with Gasteiger partial charge < -0.3 is 5.11 Å². The van der Waals surface area contributed by atoms with Gasteiger partial charge in [-0.2, -0.15) is 4.31 Å². The lowest BCUT2D eigenvalue weighted by Crippen LogP contribution is -2.42. The zero-order valence-electron chi connectivity index (χ0n) is 12.8. The first-order valence-corrected chi connectivity index (χ1v) is 9.78. The number of rotatable bonds is 4. The van der Waals surface area contributed by atoms with E-state index in [1.54, 1.807) is 11.6 Å². The first kappa shape index (κ1) is 17.0. The van der Waals surface area contributed by atoms with Gasteiger partial charge in [0.25, 0.3) is 5.91 Å². The topological polar surface area (TPSA) is 99.6 Å². The fourth-order valence-electron chi connectivity index (χ4n) is 2.52. The van der Waals surface area contributed by atoms with E-state index in [9.17, 15) is 18.3 Å². The molecule has 7 nitrogen and oxygen atoms in total. The fraction of sp³-hybridized carbons (Fsp3) is 0.333. The maximum Gasteiger partial charge on any atom is 0.257 e. The van der Waals surface area contributed by atoms with Crippen molar-refractivity contribution in [1.82, 2.24) is 9.29 Å². The predicted molar refractivity (Wildman–Crippen MR) is 90.5 cm³/mol. The van der Waals surface area contributed by atoms with E-state index in [1.807, 2.05) is 0 Å². The van der Waals surface area contributed by atoms with E-state index in [4.69, 9.17) is 0 Å². The summed E-state index contributed by atoms with van der Waals surface area (Å²) in [6.45, 7) is 0.500. The molecule has 9 heteroatoms. The Morgan fingerprint density at radius 3 is 2.71 bits per heavy atom. The molecule has 1 aliphatic rings. The van der Waals surface area contributed by atoms with Crippen LogP contribution in [0.2, 0.25) is 0 Å². The molecule has 2 N–H and O–H groups in total. The third-order valence-electron chi connectivity index (χ3n) is 3.77. The summed E-state index contributed by atoms with van der Waals surface area (Å²) in [7, 11) is -3.66. The average Bonchev–Trinajstić information content (AvgIpc) is 3.08. The Morgan fingerprint density at radius 2 is 2.08 bits per heavy atom. The Balaban J connectivity index is 1.75. The van der Waals surface area contributed by atoms with Crippen LogP contribution in [0.15, 0.2) is 40.7 Å². The third kappa shape index (κ3) is 3.64. The molecule has 24 heavy (non-hydrogen) atoms. The van der Waals surface area contributed by atoms with E-state index in [1.165, 1.54) is 39.9 Å². The van der Waals surface area contributed by atoms with Crippen LogP contribution < -0.4 is 5.32 Å². The second-order valence-electron chi connectivity index (χ2n) is 5.47. The van der Waals surface area contributed by atoms with Crippen LogP contribution in [-0.4, -0.2) is 47.9 Å². The van der Waals surface area contributed by atoms with Crippen LogP contribution in [0.4, 0.5) is 5.13 Å². The number of hydrogen-bond donors (Lipinski definition) is 2. The lowest BCUT2D eigenvalue weighted by Gasteiger charge is -2.29. The maximum atomic E-state index is 12.6. The highest BCUT2D eigenvalue weighted by Crippen LogP contribution is 2.21. The van der Waals surface area contributed by atoms with Crippen molar-refractivity contribution in [3.8, 4) is 0 Å². The molecule has 1 aromatic carbocycles. The summed E-state index contributed by atoms with van der Waals surface area (Å²) in [6, 6.07) is 5.76. The Hall–Kier alpha value is -1.81. The van der Waals surface area contributed by atoms with Gasteiger partial charge >= 0.3 is 0 Å². The second kappa shape index (κ2) is 6.98. The first-order chi connectivity index (χ1) is 11.5. The minimum absolute atomic E-state index is 0.106. The minimum Gasteiger partial charge on any atom is -0.392 e. The van der Waals surface area contributed by atoms with Gasteiger partial charge in [-0.05, 0) is 37.1 Å². The molecule has 2 heterocycles. The van der Waals surface area contributed by atoms with Gasteiger partial charge in [0, 0.05) is 30.2 Å². The van der Waals surface area contributed by atoms with Gasteiger partial charge in [-0.1, -0.05) is 0 Å². The van der Waals surface area contributed by atoms with Crippen molar-refractivity contribution >= 4 is 32.4 Å². The smallest absolute Gasteiger partial charge is 0.257 e. The Kier molecular flexibility index (Phi) is 4.95. The van der Waals surface area contributed by atoms with Crippen LogP contribution >= 0.6 is 11.3 Å². The Morgan fingerprint density at radius 1 is 1.33 bits per heavy atom. The number of aliphatic hydroxyl groups excluding tert-OH is 1. The molecular formula is C15H17N3O4S2. The third-order valence-corrected chi connectivity index (χ3v) is 6.33. The number of nitrogens with zero attached hydrogens (tertiary/aromatic N) is 2. The van der Waals surface area contributed by atoms with Crippen LogP contribution in [0.1, 0.15) is 23.2 Å². The molecule has 1 unspecified atom stereocenters. The molecule has 1 aliphatic heterocycles. The van der Waals surface area contributed by atoms with Gasteiger partial charge in [0.15, 0.2) is 5.13 Å². The lowest BCUT2D eigenvalue weighted by molar-refractivity contribution is 0.102. The molecule has 0 spiro atoms. The number of amides is 1. The highest BCUT2D eigenvalue weighted by molar-refractivity contribution is 7.89. The van der Waals surface area contributed by atoms with E-state index in [2.05, 4.69) is 10.3 Å². The fourth-order valence-corrected chi connectivity index (χ4v) is 4.56. The van der Waals surface area contributed by atoms with Gasteiger partial charge in [-0.3, -0.25) is 10.1 Å². The first-order valence-electron chi connectivity index (χ1n) is 7.46. The van der Waals surface area contributed by atoms with Crippen LogP contribution in [0.3, 0.4) is 0 Å². The summed E-state index contributed by atoms with van der Waals surface area (Å²) < 4.78 is 26.4. The minimum atomic E-state index is -3.66. The number of aromatic nitrogens is 1. The van der Waals surface area contributed by atoms with Gasteiger partial charge in [0.2, 0.25) is 10.0 Å². The van der Waals surface area contributed by atoms with E-state index in [0.29, 0.717) is 30.1 Å². The van der Waals surface area contributed by atoms with E-state index >= 15 is 0 Å². The molecular weight excluding hydrogens is 350 g/mol. The van der Waals surface area contributed by atoms with Gasteiger partial charge in [-0.25, -0.2) is 13.4 Å². The predicted octanol–water partition coefficient (Wildman–Crippen LogP) is 1.54.